The molecule has 0 aliphatic carbocycles. The molecule has 1 heterocycles. The molecule has 1 saturated heterocycles. The van der Waals surface area contributed by atoms with Crippen molar-refractivity contribution in [3.63, 3.8) is 0 Å². The molecule has 0 aromatic heterocycles. The molecule has 3 rings (SSSR count). The van der Waals surface area contributed by atoms with Crippen LogP contribution in [0.3, 0.4) is 0 Å². The molecule has 1 aliphatic rings. The van der Waals surface area contributed by atoms with Crippen LogP contribution in [0.2, 0.25) is 5.02 Å². The highest BCUT2D eigenvalue weighted by Gasteiger charge is 2.47. The summed E-state index contributed by atoms with van der Waals surface area (Å²) in [6.07, 6.45) is 0.0357. The van der Waals surface area contributed by atoms with Gasteiger partial charge in [-0.3, -0.25) is 9.59 Å². The van der Waals surface area contributed by atoms with Gasteiger partial charge in [0, 0.05) is 31.9 Å². The summed E-state index contributed by atoms with van der Waals surface area (Å²) in [6.45, 7) is 8.52. The average molecular weight is 547 g/mol. The third-order valence-electron chi connectivity index (χ3n) is 6.84. The summed E-state index contributed by atoms with van der Waals surface area (Å²) in [5.74, 6) is -1.02. The highest BCUT2D eigenvalue weighted by Crippen LogP contribution is 2.40. The lowest BCUT2D eigenvalue weighted by Crippen LogP contribution is -2.52. The third-order valence-corrected chi connectivity index (χ3v) is 7.21. The van der Waals surface area contributed by atoms with Crippen molar-refractivity contribution in [2.45, 2.75) is 71.4 Å². The molecular formula is C30H39ClO7. The lowest BCUT2D eigenvalue weighted by atomic mass is 9.84. The minimum atomic E-state index is -0.770. The normalized spacial score (nSPS) is 23.2. The Bertz CT molecular complexity index is 1060. The molecule has 38 heavy (non-hydrogen) atoms. The Labute approximate surface area is 230 Å². The van der Waals surface area contributed by atoms with Gasteiger partial charge in [-0.25, -0.2) is 0 Å². The molecule has 0 N–H and O–H groups in total. The smallest absolute Gasteiger partial charge is 0.303 e. The van der Waals surface area contributed by atoms with Gasteiger partial charge >= 0.3 is 11.9 Å². The molecule has 0 amide bonds. The van der Waals surface area contributed by atoms with E-state index in [1.807, 2.05) is 32.0 Å². The maximum Gasteiger partial charge on any atom is 0.303 e. The molecule has 5 atom stereocenters. The molecule has 8 heteroatoms. The van der Waals surface area contributed by atoms with Crippen LogP contribution in [0.1, 0.15) is 62.5 Å². The first-order chi connectivity index (χ1) is 18.2. The van der Waals surface area contributed by atoms with Gasteiger partial charge in [0.25, 0.3) is 0 Å². The molecule has 2 aromatic rings. The fourth-order valence-electron chi connectivity index (χ4n) is 4.88. The number of methoxy groups -OCH3 is 1. The quantitative estimate of drug-likeness (QED) is 0.257. The van der Waals surface area contributed by atoms with Crippen molar-refractivity contribution in [3.8, 4) is 0 Å². The lowest BCUT2D eigenvalue weighted by molar-refractivity contribution is -0.225. The number of esters is 2. The van der Waals surface area contributed by atoms with Crippen LogP contribution in [-0.2, 0) is 46.1 Å². The van der Waals surface area contributed by atoms with Gasteiger partial charge < -0.3 is 23.7 Å². The van der Waals surface area contributed by atoms with Gasteiger partial charge in [0.05, 0.1) is 25.9 Å². The van der Waals surface area contributed by atoms with E-state index in [2.05, 4.69) is 24.3 Å². The number of benzene rings is 2. The maximum absolute atomic E-state index is 12.0. The van der Waals surface area contributed by atoms with Crippen molar-refractivity contribution < 1.29 is 33.3 Å². The van der Waals surface area contributed by atoms with E-state index < -0.39 is 30.3 Å². The van der Waals surface area contributed by atoms with Crippen LogP contribution in [0, 0.1) is 5.92 Å². The number of halogens is 1. The van der Waals surface area contributed by atoms with E-state index in [-0.39, 0.29) is 12.0 Å². The summed E-state index contributed by atoms with van der Waals surface area (Å²) >= 11 is 6.60. The van der Waals surface area contributed by atoms with E-state index in [1.54, 1.807) is 7.11 Å². The van der Waals surface area contributed by atoms with Gasteiger partial charge in [-0.15, -0.1) is 0 Å². The summed E-state index contributed by atoms with van der Waals surface area (Å²) in [4.78, 5) is 23.9. The summed E-state index contributed by atoms with van der Waals surface area (Å²) in [7, 11) is 1.66. The number of rotatable bonds is 12. The molecule has 0 saturated carbocycles. The molecule has 0 spiro atoms. The van der Waals surface area contributed by atoms with Gasteiger partial charge in [-0.05, 0) is 47.6 Å². The zero-order valence-electron chi connectivity index (χ0n) is 22.9. The zero-order chi connectivity index (χ0) is 27.7. The van der Waals surface area contributed by atoms with E-state index in [0.717, 1.165) is 29.5 Å². The molecule has 0 unspecified atom stereocenters. The second kappa shape index (κ2) is 14.6. The summed E-state index contributed by atoms with van der Waals surface area (Å²) in [5, 5.41) is 0.640. The van der Waals surface area contributed by atoms with Crippen LogP contribution in [0.15, 0.2) is 42.5 Å². The molecule has 0 bridgehead atoms. The molecule has 1 aliphatic heterocycles. The Kier molecular flexibility index (Phi) is 11.6. The molecule has 2 aromatic carbocycles. The summed E-state index contributed by atoms with van der Waals surface area (Å²) in [5.41, 5.74) is 4.07. The number of carbonyl (C=O) groups is 2. The van der Waals surface area contributed by atoms with Crippen LogP contribution in [0.25, 0.3) is 0 Å². The van der Waals surface area contributed by atoms with Crippen molar-refractivity contribution in [3.05, 3.63) is 69.7 Å². The van der Waals surface area contributed by atoms with Gasteiger partial charge in [0.15, 0.2) is 6.10 Å². The second-order valence-electron chi connectivity index (χ2n) is 9.71. The fourth-order valence-corrected chi connectivity index (χ4v) is 5.06. The minimum Gasteiger partial charge on any atom is -0.458 e. The van der Waals surface area contributed by atoms with Crippen LogP contribution in [-0.4, -0.2) is 57.2 Å². The Balaban J connectivity index is 1.80. The number of hydrogen-bond donors (Lipinski definition) is 0. The first-order valence-corrected chi connectivity index (χ1v) is 13.5. The van der Waals surface area contributed by atoms with E-state index in [1.165, 1.54) is 19.4 Å². The molecule has 0 radical (unpaired) electrons. The Morgan fingerprint density at radius 3 is 2.21 bits per heavy atom. The van der Waals surface area contributed by atoms with Crippen molar-refractivity contribution in [2.24, 2.45) is 5.92 Å². The van der Waals surface area contributed by atoms with Crippen molar-refractivity contribution in [1.29, 1.82) is 0 Å². The standard InChI is InChI=1S/C30H39ClO7/c1-6-27-19(2)28(36-20(3)32)30(37-21(4)33)29(38-27)24-11-12-26(31)25(18-24)17-23-9-7-22(8-10-23)13-14-35-16-15-34-5/h7-12,18-19,27-30H,6,13-17H2,1-5H3/t19-,27-,28+,29+,30-/m1/s1. The Morgan fingerprint density at radius 1 is 0.921 bits per heavy atom. The largest absolute Gasteiger partial charge is 0.458 e. The first-order valence-electron chi connectivity index (χ1n) is 13.2. The van der Waals surface area contributed by atoms with Gasteiger partial charge in [0.1, 0.15) is 12.2 Å². The first kappa shape index (κ1) is 30.1. The molecule has 1 fully saturated rings. The fraction of sp³-hybridized carbons (Fsp3) is 0.533. The number of ether oxygens (including phenoxy) is 5. The predicted molar refractivity (Wildman–Crippen MR) is 145 cm³/mol. The zero-order valence-corrected chi connectivity index (χ0v) is 23.7. The van der Waals surface area contributed by atoms with E-state index in [9.17, 15) is 9.59 Å². The van der Waals surface area contributed by atoms with Crippen molar-refractivity contribution >= 4 is 23.5 Å². The van der Waals surface area contributed by atoms with E-state index in [4.69, 9.17) is 35.3 Å². The highest BCUT2D eigenvalue weighted by atomic mass is 35.5. The average Bonchev–Trinajstić information content (AvgIpc) is 2.88. The summed E-state index contributed by atoms with van der Waals surface area (Å²) < 4.78 is 28.4. The number of carbonyl (C=O) groups excluding carboxylic acids is 2. The SMILES string of the molecule is CC[C@H]1O[C@@H](c2ccc(Cl)c(Cc3ccc(CCOCCOC)cc3)c2)[C@H](OC(C)=O)[C@@H](OC(C)=O)[C@@H]1C. The predicted octanol–water partition coefficient (Wildman–Crippen LogP) is 5.49. The van der Waals surface area contributed by atoms with Crippen LogP contribution in [0.4, 0.5) is 0 Å². The van der Waals surface area contributed by atoms with Gasteiger partial charge in [0.2, 0.25) is 0 Å². The Morgan fingerprint density at radius 2 is 1.58 bits per heavy atom. The topological polar surface area (TPSA) is 80.3 Å². The number of hydrogen-bond acceptors (Lipinski definition) is 7. The summed E-state index contributed by atoms with van der Waals surface area (Å²) in [6, 6.07) is 14.1. The van der Waals surface area contributed by atoms with Gasteiger partial charge in [-0.2, -0.15) is 0 Å². The third kappa shape index (κ3) is 8.27. The second-order valence-corrected chi connectivity index (χ2v) is 10.1. The minimum absolute atomic E-state index is 0.139. The lowest BCUT2D eigenvalue weighted by Gasteiger charge is -2.44. The van der Waals surface area contributed by atoms with Gasteiger partial charge in [-0.1, -0.05) is 61.8 Å². The van der Waals surface area contributed by atoms with Crippen LogP contribution >= 0.6 is 11.6 Å². The van der Waals surface area contributed by atoms with Crippen LogP contribution in [0.5, 0.6) is 0 Å². The van der Waals surface area contributed by atoms with Crippen LogP contribution < -0.4 is 0 Å². The monoisotopic (exact) mass is 546 g/mol. The molecule has 7 nitrogen and oxygen atoms in total. The molecular weight excluding hydrogens is 508 g/mol. The van der Waals surface area contributed by atoms with E-state index >= 15 is 0 Å². The van der Waals surface area contributed by atoms with Crippen molar-refractivity contribution in [1.82, 2.24) is 0 Å². The highest BCUT2D eigenvalue weighted by molar-refractivity contribution is 6.31. The van der Waals surface area contributed by atoms with E-state index in [0.29, 0.717) is 31.3 Å². The maximum atomic E-state index is 12.0. The van der Waals surface area contributed by atoms with Crippen molar-refractivity contribution in [2.75, 3.05) is 26.9 Å². The molecule has 208 valence electrons. The Hall–Kier alpha value is -2.45.